The third-order valence-corrected chi connectivity index (χ3v) is 5.74. The van der Waals surface area contributed by atoms with Gasteiger partial charge in [0.1, 0.15) is 5.82 Å². The number of carbonyl (C=O) groups is 1. The Balaban J connectivity index is 1.64. The van der Waals surface area contributed by atoms with Crippen molar-refractivity contribution in [1.29, 1.82) is 0 Å². The smallest absolute Gasteiger partial charge is 0.226 e. The van der Waals surface area contributed by atoms with E-state index in [9.17, 15) is 4.79 Å². The molecule has 0 bridgehead atoms. The fourth-order valence-electron chi connectivity index (χ4n) is 3.50. The number of benzene rings is 2. The standard InChI is InChI=1S/C20H16N4OS/c1-12-5-4-6-13(9-12)14-10-18(25)23-19-15(14)11-21-24(19)20-22-16-7-2-3-8-17(16)26-20/h2-9,11,14H,10H2,1H3,(H,23,25)/t14-/m0/s1. The van der Waals surface area contributed by atoms with Crippen LogP contribution in [0.3, 0.4) is 0 Å². The van der Waals surface area contributed by atoms with Crippen molar-refractivity contribution in [3.05, 3.63) is 71.4 Å². The topological polar surface area (TPSA) is 59.8 Å². The maximum absolute atomic E-state index is 12.4. The lowest BCUT2D eigenvalue weighted by atomic mass is 9.87. The average Bonchev–Trinajstić information content (AvgIpc) is 3.24. The van der Waals surface area contributed by atoms with E-state index in [2.05, 4.69) is 40.5 Å². The minimum Gasteiger partial charge on any atom is -0.310 e. The number of carbonyl (C=O) groups excluding carboxylic acids is 1. The Labute approximate surface area is 154 Å². The second kappa shape index (κ2) is 5.78. The van der Waals surface area contributed by atoms with Crippen LogP contribution < -0.4 is 5.32 Å². The molecule has 26 heavy (non-hydrogen) atoms. The van der Waals surface area contributed by atoms with Crippen molar-refractivity contribution in [2.24, 2.45) is 0 Å². The predicted octanol–water partition coefficient (Wildman–Crippen LogP) is 4.26. The van der Waals surface area contributed by atoms with Crippen LogP contribution in [0.15, 0.2) is 54.7 Å². The largest absolute Gasteiger partial charge is 0.310 e. The third-order valence-electron chi connectivity index (χ3n) is 4.73. The fourth-order valence-corrected chi connectivity index (χ4v) is 4.43. The number of hydrogen-bond donors (Lipinski definition) is 1. The maximum Gasteiger partial charge on any atom is 0.226 e. The Morgan fingerprint density at radius 1 is 1.19 bits per heavy atom. The number of anilines is 1. The number of nitrogens with zero attached hydrogens (tertiary/aromatic N) is 3. The van der Waals surface area contributed by atoms with Gasteiger partial charge in [0.05, 0.1) is 16.4 Å². The Hall–Kier alpha value is -2.99. The number of thiazole rings is 1. The summed E-state index contributed by atoms with van der Waals surface area (Å²) in [5, 5.41) is 8.30. The van der Waals surface area contributed by atoms with Crippen LogP contribution in [0.2, 0.25) is 0 Å². The molecular weight excluding hydrogens is 344 g/mol. The summed E-state index contributed by atoms with van der Waals surface area (Å²) < 4.78 is 2.85. The second-order valence-corrected chi connectivity index (χ2v) is 7.55. The van der Waals surface area contributed by atoms with Crippen molar-refractivity contribution in [3.63, 3.8) is 0 Å². The van der Waals surface area contributed by atoms with Gasteiger partial charge < -0.3 is 5.32 Å². The van der Waals surface area contributed by atoms with Gasteiger partial charge in [-0.05, 0) is 24.6 Å². The van der Waals surface area contributed by atoms with Gasteiger partial charge in [0.15, 0.2) is 0 Å². The van der Waals surface area contributed by atoms with E-state index in [0.29, 0.717) is 6.42 Å². The molecule has 1 amide bonds. The van der Waals surface area contributed by atoms with Crippen molar-refractivity contribution >= 4 is 33.3 Å². The van der Waals surface area contributed by atoms with Gasteiger partial charge in [0.2, 0.25) is 11.0 Å². The normalized spacial score (nSPS) is 16.5. The number of amides is 1. The summed E-state index contributed by atoms with van der Waals surface area (Å²) in [6.45, 7) is 2.07. The zero-order valence-electron chi connectivity index (χ0n) is 14.1. The fraction of sp³-hybridized carbons (Fsp3) is 0.150. The van der Waals surface area contributed by atoms with Crippen LogP contribution in [0.4, 0.5) is 5.82 Å². The second-order valence-electron chi connectivity index (χ2n) is 6.54. The van der Waals surface area contributed by atoms with Gasteiger partial charge in [0, 0.05) is 17.9 Å². The number of rotatable bonds is 2. The molecule has 5 nitrogen and oxygen atoms in total. The van der Waals surface area contributed by atoms with Crippen molar-refractivity contribution in [3.8, 4) is 5.13 Å². The number of hydrogen-bond acceptors (Lipinski definition) is 4. The molecule has 2 aromatic carbocycles. The lowest BCUT2D eigenvalue weighted by Crippen LogP contribution is -2.24. The van der Waals surface area contributed by atoms with Gasteiger partial charge in [-0.15, -0.1) is 0 Å². The molecule has 3 heterocycles. The first-order chi connectivity index (χ1) is 12.7. The Kier molecular flexibility index (Phi) is 3.39. The van der Waals surface area contributed by atoms with E-state index in [1.165, 1.54) is 5.56 Å². The molecule has 0 saturated carbocycles. The van der Waals surface area contributed by atoms with Crippen molar-refractivity contribution in [2.75, 3.05) is 5.32 Å². The Bertz CT molecular complexity index is 1110. The minimum absolute atomic E-state index is 0.00636. The monoisotopic (exact) mass is 360 g/mol. The average molecular weight is 360 g/mol. The van der Waals surface area contributed by atoms with Crippen molar-refractivity contribution in [2.45, 2.75) is 19.3 Å². The lowest BCUT2D eigenvalue weighted by molar-refractivity contribution is -0.116. The molecule has 0 unspecified atom stereocenters. The molecular formula is C20H16N4OS. The summed E-state index contributed by atoms with van der Waals surface area (Å²) in [7, 11) is 0. The molecule has 5 rings (SSSR count). The van der Waals surface area contributed by atoms with Gasteiger partial charge in [-0.2, -0.15) is 9.78 Å². The van der Waals surface area contributed by atoms with Gasteiger partial charge in [-0.3, -0.25) is 4.79 Å². The van der Waals surface area contributed by atoms with Crippen molar-refractivity contribution < 1.29 is 4.79 Å². The van der Waals surface area contributed by atoms with E-state index in [0.717, 1.165) is 32.3 Å². The molecule has 1 atom stereocenters. The van der Waals surface area contributed by atoms with E-state index in [4.69, 9.17) is 0 Å². The maximum atomic E-state index is 12.4. The predicted molar refractivity (Wildman–Crippen MR) is 103 cm³/mol. The third kappa shape index (κ3) is 2.42. The van der Waals surface area contributed by atoms with E-state index < -0.39 is 0 Å². The van der Waals surface area contributed by atoms with Crippen LogP contribution in [0.25, 0.3) is 15.3 Å². The van der Waals surface area contributed by atoms with Crippen LogP contribution in [-0.2, 0) is 4.79 Å². The SMILES string of the molecule is Cc1cccc([C@@H]2CC(=O)Nc3c2cnn3-c2nc3ccccc3s2)c1. The van der Waals surface area contributed by atoms with Crippen LogP contribution in [0.1, 0.15) is 29.0 Å². The lowest BCUT2D eigenvalue weighted by Gasteiger charge is -2.23. The molecule has 128 valence electrons. The molecule has 0 radical (unpaired) electrons. The zero-order valence-corrected chi connectivity index (χ0v) is 15.0. The molecule has 6 heteroatoms. The van der Waals surface area contributed by atoms with Crippen molar-refractivity contribution in [1.82, 2.24) is 14.8 Å². The first kappa shape index (κ1) is 15.3. The van der Waals surface area contributed by atoms with Gasteiger partial charge in [0.25, 0.3) is 0 Å². The highest BCUT2D eigenvalue weighted by molar-refractivity contribution is 7.20. The quantitative estimate of drug-likeness (QED) is 0.581. The molecule has 0 aliphatic carbocycles. The molecule has 0 fully saturated rings. The number of aryl methyl sites for hydroxylation is 1. The minimum atomic E-state index is 0.00636. The number of fused-ring (bicyclic) bond motifs is 2. The zero-order chi connectivity index (χ0) is 17.7. The summed E-state index contributed by atoms with van der Waals surface area (Å²) in [4.78, 5) is 17.0. The van der Waals surface area contributed by atoms with Gasteiger partial charge in [-0.25, -0.2) is 4.98 Å². The van der Waals surface area contributed by atoms with E-state index in [1.54, 1.807) is 16.0 Å². The highest BCUT2D eigenvalue weighted by Gasteiger charge is 2.31. The first-order valence-electron chi connectivity index (χ1n) is 8.49. The van der Waals surface area contributed by atoms with E-state index in [1.807, 2.05) is 36.5 Å². The van der Waals surface area contributed by atoms with Crippen LogP contribution in [0.5, 0.6) is 0 Å². The number of para-hydroxylation sites is 1. The number of nitrogens with one attached hydrogen (secondary N) is 1. The molecule has 1 N–H and O–H groups in total. The van der Waals surface area contributed by atoms with Crippen LogP contribution in [-0.4, -0.2) is 20.7 Å². The first-order valence-corrected chi connectivity index (χ1v) is 9.31. The number of aromatic nitrogens is 3. The molecule has 4 aromatic rings. The molecule has 1 aliphatic rings. The summed E-state index contributed by atoms with van der Waals surface area (Å²) in [5.74, 6) is 0.750. The Morgan fingerprint density at radius 3 is 2.92 bits per heavy atom. The highest BCUT2D eigenvalue weighted by Crippen LogP contribution is 2.39. The van der Waals surface area contributed by atoms with Gasteiger partial charge >= 0.3 is 0 Å². The summed E-state index contributed by atoms with van der Waals surface area (Å²) in [5.41, 5.74) is 4.31. The van der Waals surface area contributed by atoms with E-state index in [-0.39, 0.29) is 11.8 Å². The molecule has 0 saturated heterocycles. The van der Waals surface area contributed by atoms with Crippen LogP contribution >= 0.6 is 11.3 Å². The molecule has 2 aromatic heterocycles. The molecule has 0 spiro atoms. The summed E-state index contributed by atoms with van der Waals surface area (Å²) >= 11 is 1.57. The highest BCUT2D eigenvalue weighted by atomic mass is 32.1. The summed E-state index contributed by atoms with van der Waals surface area (Å²) in [6, 6.07) is 16.3. The van der Waals surface area contributed by atoms with E-state index >= 15 is 0 Å². The molecule has 1 aliphatic heterocycles. The summed E-state index contributed by atoms with van der Waals surface area (Å²) in [6.07, 6.45) is 2.29. The Morgan fingerprint density at radius 2 is 2.08 bits per heavy atom. The van der Waals surface area contributed by atoms with Gasteiger partial charge in [-0.1, -0.05) is 53.3 Å². The van der Waals surface area contributed by atoms with Crippen LogP contribution in [0, 0.1) is 6.92 Å².